The quantitative estimate of drug-likeness (QED) is 0.101. The van der Waals surface area contributed by atoms with Crippen molar-refractivity contribution >= 4 is 7.81 Å². The molecule has 0 fully saturated rings. The number of allylic oxidation sites excluding steroid dienone is 6. The molecular formula is C24H39F6N4PRh-. The molecule has 0 atom stereocenters. The second kappa shape index (κ2) is 14.5. The van der Waals surface area contributed by atoms with Crippen molar-refractivity contribution in [3.63, 3.8) is 0 Å². The van der Waals surface area contributed by atoms with E-state index in [1.807, 2.05) is 0 Å². The van der Waals surface area contributed by atoms with Crippen molar-refractivity contribution in [1.29, 1.82) is 0 Å². The first-order valence-corrected chi connectivity index (χ1v) is 13.2. The van der Waals surface area contributed by atoms with Crippen molar-refractivity contribution in [3.8, 4) is 0 Å². The molecule has 4 rings (SSSR count). The topological polar surface area (TPSA) is 13.0 Å². The van der Waals surface area contributed by atoms with Crippen LogP contribution in [0.4, 0.5) is 25.2 Å². The molecule has 4 nitrogen and oxygen atoms in total. The molecule has 1 aliphatic carbocycles. The molecule has 0 aromatic carbocycles. The zero-order valence-corrected chi connectivity index (χ0v) is 23.9. The molecule has 0 aromatic rings. The Morgan fingerprint density at radius 2 is 1.19 bits per heavy atom. The smallest absolute Gasteiger partial charge is 0.358 e. The van der Waals surface area contributed by atoms with E-state index in [9.17, 15) is 25.2 Å². The van der Waals surface area contributed by atoms with Crippen LogP contribution in [-0.2, 0) is 19.5 Å². The Bertz CT molecular complexity index is 734. The molecule has 0 spiro atoms. The maximum Gasteiger partial charge on any atom is 3.00 e. The number of hydrogen-bond donors (Lipinski definition) is 0. The molecule has 0 aromatic heterocycles. The number of hydrogen-bond acceptors (Lipinski definition) is 4. The van der Waals surface area contributed by atoms with Gasteiger partial charge in [0.05, 0.1) is 5.70 Å². The van der Waals surface area contributed by atoms with E-state index >= 15 is 0 Å². The minimum atomic E-state index is -10.7. The average molecular weight is 631 g/mol. The monoisotopic (exact) mass is 631 g/mol. The van der Waals surface area contributed by atoms with Crippen LogP contribution in [0.1, 0.15) is 52.4 Å². The Morgan fingerprint density at radius 1 is 0.750 bits per heavy atom. The summed E-state index contributed by atoms with van der Waals surface area (Å²) in [5.74, 6) is 0. The van der Waals surface area contributed by atoms with Crippen LogP contribution in [0.2, 0.25) is 0 Å². The van der Waals surface area contributed by atoms with Gasteiger partial charge in [0.15, 0.2) is 0 Å². The fourth-order valence-electron chi connectivity index (χ4n) is 3.49. The third-order valence-electron chi connectivity index (χ3n) is 4.76. The molecule has 3 heterocycles. The van der Waals surface area contributed by atoms with E-state index in [4.69, 9.17) is 0 Å². The Kier molecular flexibility index (Phi) is 14.7. The summed E-state index contributed by atoms with van der Waals surface area (Å²) in [6.07, 6.45) is 25.2. The van der Waals surface area contributed by atoms with Crippen molar-refractivity contribution < 1.29 is 44.7 Å². The zero-order valence-electron chi connectivity index (χ0n) is 21.4. The van der Waals surface area contributed by atoms with Crippen LogP contribution >= 0.6 is 7.81 Å². The molecule has 3 aliphatic heterocycles. The molecule has 212 valence electrons. The van der Waals surface area contributed by atoms with E-state index in [2.05, 4.69) is 89.2 Å². The van der Waals surface area contributed by atoms with Gasteiger partial charge in [-0.25, -0.2) is 0 Å². The van der Waals surface area contributed by atoms with Crippen molar-refractivity contribution in [2.24, 2.45) is 0 Å². The van der Waals surface area contributed by atoms with Crippen molar-refractivity contribution in [2.45, 2.75) is 52.4 Å². The van der Waals surface area contributed by atoms with E-state index in [1.165, 1.54) is 49.9 Å². The normalized spacial score (nSPS) is 20.4. The van der Waals surface area contributed by atoms with E-state index in [0.717, 1.165) is 19.8 Å². The average Bonchev–Trinajstić information content (AvgIpc) is 3.22. The van der Waals surface area contributed by atoms with Gasteiger partial charge in [-0.2, -0.15) is 0 Å². The molecule has 0 bridgehead atoms. The Morgan fingerprint density at radius 3 is 1.64 bits per heavy atom. The van der Waals surface area contributed by atoms with Gasteiger partial charge in [-0.05, 0) is 63.4 Å². The first-order chi connectivity index (χ1) is 15.3. The molecule has 0 amide bonds. The standard InChI is InChI=1S/C14H21N4.C8H12.2CH3.F6P.Rh/c1-3-7-15-9-13-5-6-14-10-16(8-4-2)12-18(14)17(13)11-15;1-2-4-6-8-7-5-3-1;;;1-7(2,3,4,5)6;/h5-6,9-11H,3-4,7-8,12H2,1-2H3;1-2,7-8H,3-6H2;2*1H3;;/q-1;;3*-1;+3/b;2-1-,8-7?;;;;. The zero-order chi connectivity index (χ0) is 24.6. The largest absolute Gasteiger partial charge is 3.00 e. The first-order valence-electron chi connectivity index (χ1n) is 11.2. The number of halogens is 6. The van der Waals surface area contributed by atoms with E-state index in [1.54, 1.807) is 0 Å². The van der Waals surface area contributed by atoms with Gasteiger partial charge in [-0.15, -0.1) is 6.67 Å². The summed E-state index contributed by atoms with van der Waals surface area (Å²) in [7, 11) is -10.7. The number of rotatable bonds is 4. The Labute approximate surface area is 226 Å². The number of nitrogens with zero attached hydrogens (tertiary/aromatic N) is 4. The SMILES string of the molecule is C1=CCC/C=C\CC1.CCCN1C=C2C=CC3=CN(CCC)CN3N2[CH-]1.F[P-](F)(F)(F)(F)F.[CH3-].[CH3-].[Rh+3]. The predicted molar refractivity (Wildman–Crippen MR) is 135 cm³/mol. The van der Waals surface area contributed by atoms with Crippen LogP contribution in [0.5, 0.6) is 0 Å². The van der Waals surface area contributed by atoms with E-state index in [-0.39, 0.29) is 34.3 Å². The third-order valence-corrected chi connectivity index (χ3v) is 4.76. The van der Waals surface area contributed by atoms with E-state index < -0.39 is 7.81 Å². The first kappa shape index (κ1) is 36.7. The summed E-state index contributed by atoms with van der Waals surface area (Å²) >= 11 is 0. The predicted octanol–water partition coefficient (Wildman–Crippen LogP) is 9.24. The molecule has 36 heavy (non-hydrogen) atoms. The van der Waals surface area contributed by atoms with Crippen LogP contribution in [0.25, 0.3) is 0 Å². The van der Waals surface area contributed by atoms with Gasteiger partial charge in [0.1, 0.15) is 6.67 Å². The summed E-state index contributed by atoms with van der Waals surface area (Å²) in [5.41, 5.74) is 2.55. The van der Waals surface area contributed by atoms with Crippen LogP contribution in [0.15, 0.2) is 60.3 Å². The van der Waals surface area contributed by atoms with Crippen LogP contribution in [-0.4, -0.2) is 39.6 Å². The maximum atomic E-state index is 9.87. The van der Waals surface area contributed by atoms with Crippen molar-refractivity contribution in [2.75, 3.05) is 19.8 Å². The minimum absolute atomic E-state index is 0. The Balaban J connectivity index is 0. The number of fused-ring (bicyclic) bond motifs is 3. The number of hydrazine groups is 1. The maximum absolute atomic E-state index is 10.7. The molecule has 0 saturated heterocycles. The summed E-state index contributed by atoms with van der Waals surface area (Å²) in [6, 6.07) is 0. The van der Waals surface area contributed by atoms with E-state index in [0.29, 0.717) is 0 Å². The summed E-state index contributed by atoms with van der Waals surface area (Å²) in [6.45, 7) is 9.80. The fourth-order valence-corrected chi connectivity index (χ4v) is 3.49. The molecule has 0 saturated carbocycles. The van der Waals surface area contributed by atoms with Gasteiger partial charge in [-0.3, -0.25) is 5.01 Å². The van der Waals surface area contributed by atoms with Crippen LogP contribution in [0, 0.1) is 21.5 Å². The fraction of sp³-hybridized carbons (Fsp3) is 0.458. The minimum Gasteiger partial charge on any atom is -0.358 e. The Hall–Kier alpha value is -1.47. The molecule has 12 heteroatoms. The van der Waals surface area contributed by atoms with Crippen molar-refractivity contribution in [3.05, 3.63) is 81.8 Å². The van der Waals surface area contributed by atoms with Gasteiger partial charge in [0.2, 0.25) is 0 Å². The summed E-state index contributed by atoms with van der Waals surface area (Å²) in [5, 5.41) is 4.59. The van der Waals surface area contributed by atoms with Crippen LogP contribution in [0.3, 0.4) is 0 Å². The van der Waals surface area contributed by atoms with Gasteiger partial charge in [0.25, 0.3) is 0 Å². The second-order valence-electron chi connectivity index (χ2n) is 8.05. The summed E-state index contributed by atoms with van der Waals surface area (Å²) in [4.78, 5) is 4.64. The van der Waals surface area contributed by atoms with Crippen LogP contribution < -0.4 is 0 Å². The molecule has 0 N–H and O–H groups in total. The van der Waals surface area contributed by atoms with Gasteiger partial charge in [-0.1, -0.05) is 38.2 Å². The van der Waals surface area contributed by atoms with Gasteiger partial charge < -0.3 is 29.7 Å². The molecule has 0 radical (unpaired) electrons. The van der Waals surface area contributed by atoms with Crippen molar-refractivity contribution in [1.82, 2.24) is 19.8 Å². The molecular weight excluding hydrogens is 592 g/mol. The third kappa shape index (κ3) is 15.6. The second-order valence-corrected chi connectivity index (χ2v) is 9.96. The van der Waals surface area contributed by atoms with Gasteiger partial charge >= 0.3 is 52.5 Å². The molecule has 0 unspecified atom stereocenters. The van der Waals surface area contributed by atoms with Gasteiger partial charge in [0, 0.05) is 18.4 Å². The summed E-state index contributed by atoms with van der Waals surface area (Å²) < 4.78 is 59.2. The molecule has 4 aliphatic rings.